The number of rotatable bonds is 5. The number of aromatic nitrogens is 3. The van der Waals surface area contributed by atoms with Crippen molar-refractivity contribution in [3.63, 3.8) is 0 Å². The summed E-state index contributed by atoms with van der Waals surface area (Å²) < 4.78 is 49.0. The molecule has 0 spiro atoms. The lowest BCUT2D eigenvalue weighted by Gasteiger charge is -2.13. The largest absolute Gasteiger partial charge is 0.573 e. The molecule has 0 fully saturated rings. The molecule has 0 saturated heterocycles. The number of methoxy groups -OCH3 is 1. The summed E-state index contributed by atoms with van der Waals surface area (Å²) >= 11 is 1.60. The zero-order valence-corrected chi connectivity index (χ0v) is 21.8. The van der Waals surface area contributed by atoms with Gasteiger partial charge in [-0.15, -0.1) is 34.7 Å². The number of carbonyl (C=O) groups is 1. The summed E-state index contributed by atoms with van der Waals surface area (Å²) in [4.78, 5) is 18.4. The first-order chi connectivity index (χ1) is 18.1. The number of alkyl halides is 3. The van der Waals surface area contributed by atoms with Gasteiger partial charge in [-0.05, 0) is 49.6 Å². The highest BCUT2D eigenvalue weighted by atomic mass is 32.1. The number of esters is 1. The Morgan fingerprint density at radius 2 is 1.74 bits per heavy atom. The first-order valence-corrected chi connectivity index (χ1v) is 12.5. The summed E-state index contributed by atoms with van der Waals surface area (Å²) in [5.41, 5.74) is 4.77. The van der Waals surface area contributed by atoms with E-state index in [0.717, 1.165) is 26.6 Å². The third-order valence-electron chi connectivity index (χ3n) is 6.39. The molecule has 2 aromatic carbocycles. The predicted octanol–water partition coefficient (Wildman–Crippen LogP) is 6.27. The van der Waals surface area contributed by atoms with E-state index < -0.39 is 18.4 Å². The van der Waals surface area contributed by atoms with Crippen LogP contribution in [0.15, 0.2) is 53.5 Å². The Morgan fingerprint density at radius 3 is 2.42 bits per heavy atom. The molecule has 3 heterocycles. The highest BCUT2D eigenvalue weighted by Gasteiger charge is 2.33. The van der Waals surface area contributed by atoms with Gasteiger partial charge in [-0.2, -0.15) is 0 Å². The number of carbonyl (C=O) groups excluding carboxylic acids is 1. The minimum absolute atomic E-state index is 0.00478. The number of hydrogen-bond acceptors (Lipinski definition) is 7. The molecule has 0 radical (unpaired) electrons. The van der Waals surface area contributed by atoms with Gasteiger partial charge in [0.25, 0.3) is 0 Å². The van der Waals surface area contributed by atoms with Crippen LogP contribution < -0.4 is 4.74 Å². The molecule has 5 rings (SSSR count). The van der Waals surface area contributed by atoms with Crippen molar-refractivity contribution in [2.75, 3.05) is 7.11 Å². The first-order valence-electron chi connectivity index (χ1n) is 11.7. The van der Waals surface area contributed by atoms with Crippen LogP contribution in [0.3, 0.4) is 0 Å². The molecule has 1 atom stereocenters. The highest BCUT2D eigenvalue weighted by molar-refractivity contribution is 7.15. The molecule has 7 nitrogen and oxygen atoms in total. The Morgan fingerprint density at radius 1 is 1.03 bits per heavy atom. The molecule has 0 amide bonds. The van der Waals surface area contributed by atoms with Crippen molar-refractivity contribution in [2.45, 2.75) is 39.6 Å². The van der Waals surface area contributed by atoms with Gasteiger partial charge in [0, 0.05) is 16.0 Å². The van der Waals surface area contributed by atoms with Crippen molar-refractivity contribution in [1.82, 2.24) is 14.8 Å². The molecule has 0 saturated carbocycles. The van der Waals surface area contributed by atoms with E-state index in [1.54, 1.807) is 17.4 Å². The van der Waals surface area contributed by atoms with Crippen LogP contribution in [0.4, 0.5) is 13.2 Å². The van der Waals surface area contributed by atoms with E-state index in [9.17, 15) is 18.0 Å². The Hall–Kier alpha value is -3.99. The van der Waals surface area contributed by atoms with Gasteiger partial charge in [0.05, 0.1) is 19.2 Å². The van der Waals surface area contributed by atoms with Crippen LogP contribution in [-0.2, 0) is 9.53 Å². The second kappa shape index (κ2) is 9.71. The van der Waals surface area contributed by atoms with E-state index in [0.29, 0.717) is 28.5 Å². The molecule has 1 aliphatic heterocycles. The fourth-order valence-electron chi connectivity index (χ4n) is 4.46. The van der Waals surface area contributed by atoms with Gasteiger partial charge >= 0.3 is 12.3 Å². The van der Waals surface area contributed by atoms with Crippen molar-refractivity contribution < 1.29 is 27.4 Å². The Kier molecular flexibility index (Phi) is 6.56. The van der Waals surface area contributed by atoms with Crippen LogP contribution >= 0.6 is 11.3 Å². The summed E-state index contributed by atoms with van der Waals surface area (Å²) in [6.45, 7) is 5.92. The normalized spacial score (nSPS) is 14.8. The molecular formula is C27H23F3N4O3S. The van der Waals surface area contributed by atoms with Gasteiger partial charge in [-0.25, -0.2) is 0 Å². The SMILES string of the molecule is COC(=O)C[C@@H]1N=C(c2ccc(-c3cccc(OC(F)(F)F)c3)cc2)c2c(sc(C)c2C)-n2c(C)nnc21. The maximum absolute atomic E-state index is 12.7. The molecule has 1 aliphatic rings. The number of benzene rings is 2. The lowest BCUT2D eigenvalue weighted by atomic mass is 9.97. The van der Waals surface area contributed by atoms with Crippen LogP contribution in [0.5, 0.6) is 5.75 Å². The number of hydrogen-bond donors (Lipinski definition) is 0. The second-order valence-corrected chi connectivity index (χ2v) is 10.0. The molecule has 0 unspecified atom stereocenters. The van der Waals surface area contributed by atoms with Crippen molar-refractivity contribution in [3.8, 4) is 21.9 Å². The van der Waals surface area contributed by atoms with Crippen LogP contribution in [0.2, 0.25) is 0 Å². The number of nitrogens with zero attached hydrogens (tertiary/aromatic N) is 4. The molecule has 4 aromatic rings. The summed E-state index contributed by atoms with van der Waals surface area (Å²) in [5.74, 6) is 0.540. The number of aryl methyl sites for hydroxylation is 2. The monoisotopic (exact) mass is 540 g/mol. The molecule has 38 heavy (non-hydrogen) atoms. The van der Waals surface area contributed by atoms with Gasteiger partial charge in [0.15, 0.2) is 5.82 Å². The molecule has 0 aliphatic carbocycles. The van der Waals surface area contributed by atoms with Crippen molar-refractivity contribution >= 4 is 23.0 Å². The predicted molar refractivity (Wildman–Crippen MR) is 137 cm³/mol. The number of aliphatic imine (C=N–C) groups is 1. The third kappa shape index (κ3) is 4.81. The highest BCUT2D eigenvalue weighted by Crippen LogP contribution is 2.40. The Balaban J connectivity index is 1.60. The van der Waals surface area contributed by atoms with Crippen molar-refractivity contribution in [1.29, 1.82) is 0 Å². The smallest absolute Gasteiger partial charge is 0.469 e. The van der Waals surface area contributed by atoms with E-state index in [1.165, 1.54) is 25.3 Å². The summed E-state index contributed by atoms with van der Waals surface area (Å²) in [6.07, 6.45) is -4.77. The Labute approximate surface area is 220 Å². The van der Waals surface area contributed by atoms with E-state index in [4.69, 9.17) is 9.73 Å². The number of thiophene rings is 1. The van der Waals surface area contributed by atoms with E-state index >= 15 is 0 Å². The maximum Gasteiger partial charge on any atom is 0.573 e. The van der Waals surface area contributed by atoms with E-state index in [1.807, 2.05) is 49.6 Å². The number of halogens is 3. The molecular weight excluding hydrogens is 517 g/mol. The van der Waals surface area contributed by atoms with Crippen LogP contribution in [-0.4, -0.2) is 39.9 Å². The van der Waals surface area contributed by atoms with Gasteiger partial charge in [0.2, 0.25) is 0 Å². The van der Waals surface area contributed by atoms with Crippen LogP contribution in [0.1, 0.15) is 45.7 Å². The van der Waals surface area contributed by atoms with Crippen LogP contribution in [0, 0.1) is 20.8 Å². The van der Waals surface area contributed by atoms with Gasteiger partial charge in [0.1, 0.15) is 22.6 Å². The van der Waals surface area contributed by atoms with Crippen LogP contribution in [0.25, 0.3) is 16.1 Å². The maximum atomic E-state index is 12.7. The zero-order valence-electron chi connectivity index (χ0n) is 21.0. The number of ether oxygens (including phenoxy) is 2. The summed E-state index contributed by atoms with van der Waals surface area (Å²) in [6, 6.07) is 12.6. The molecule has 0 bridgehead atoms. The van der Waals surface area contributed by atoms with E-state index in [-0.39, 0.29) is 12.2 Å². The molecule has 11 heteroatoms. The summed E-state index contributed by atoms with van der Waals surface area (Å²) in [5, 5.41) is 9.52. The minimum atomic E-state index is -4.77. The second-order valence-electron chi connectivity index (χ2n) is 8.83. The van der Waals surface area contributed by atoms with Gasteiger partial charge in [-0.1, -0.05) is 36.4 Å². The average Bonchev–Trinajstić information content (AvgIpc) is 3.35. The minimum Gasteiger partial charge on any atom is -0.469 e. The van der Waals surface area contributed by atoms with Crippen molar-refractivity contribution in [2.24, 2.45) is 4.99 Å². The molecule has 196 valence electrons. The quantitative estimate of drug-likeness (QED) is 0.279. The molecule has 0 N–H and O–H groups in total. The lowest BCUT2D eigenvalue weighted by molar-refractivity contribution is -0.274. The van der Waals surface area contributed by atoms with Gasteiger partial charge in [-0.3, -0.25) is 14.4 Å². The number of fused-ring (bicyclic) bond motifs is 3. The molecule has 2 aromatic heterocycles. The summed E-state index contributed by atoms with van der Waals surface area (Å²) in [7, 11) is 1.33. The lowest BCUT2D eigenvalue weighted by Crippen LogP contribution is -2.17. The average molecular weight is 541 g/mol. The fourth-order valence-corrected chi connectivity index (χ4v) is 5.67. The Bertz CT molecular complexity index is 1550. The third-order valence-corrected chi connectivity index (χ3v) is 7.58. The zero-order chi connectivity index (χ0) is 27.2. The van der Waals surface area contributed by atoms with E-state index in [2.05, 4.69) is 14.9 Å². The standard InChI is InChI=1S/C27H23F3N4O3S/c1-14-15(2)38-26-23(14)24(31-21(13-22(35)36-4)25-33-32-16(3)34(25)26)18-10-8-17(9-11-18)19-6-5-7-20(12-19)37-27(28,29)30/h5-12,21H,13H2,1-4H3/t21-/m0/s1. The topological polar surface area (TPSA) is 78.6 Å². The van der Waals surface area contributed by atoms with Gasteiger partial charge < -0.3 is 9.47 Å². The first kappa shape index (κ1) is 25.7. The van der Waals surface area contributed by atoms with Crippen molar-refractivity contribution in [3.05, 3.63) is 81.7 Å². The fraction of sp³-hybridized carbons (Fsp3) is 0.259.